The summed E-state index contributed by atoms with van der Waals surface area (Å²) in [4.78, 5) is 20.4. The van der Waals surface area contributed by atoms with Gasteiger partial charge in [-0.15, -0.1) is 0 Å². The lowest BCUT2D eigenvalue weighted by atomic mass is 10.1. The second-order valence-electron chi connectivity index (χ2n) is 8.03. The van der Waals surface area contributed by atoms with Crippen LogP contribution in [-0.2, 0) is 9.53 Å². The van der Waals surface area contributed by atoms with E-state index in [4.69, 9.17) is 4.74 Å². The molecule has 0 saturated carbocycles. The first-order valence-corrected chi connectivity index (χ1v) is 10.4. The zero-order chi connectivity index (χ0) is 20.2. The SMILES string of the molecule is CC(C)N(CCCNC(=NCC(=O)N(C)C)NCC1CCCCO1)C(C)C. The first kappa shape index (κ1) is 23.7. The quantitative estimate of drug-likeness (QED) is 0.341. The van der Waals surface area contributed by atoms with Crippen LogP contribution in [0.5, 0.6) is 0 Å². The summed E-state index contributed by atoms with van der Waals surface area (Å²) in [7, 11) is 3.50. The molecule has 0 bridgehead atoms. The largest absolute Gasteiger partial charge is 0.376 e. The highest BCUT2D eigenvalue weighted by atomic mass is 16.5. The van der Waals surface area contributed by atoms with Crippen molar-refractivity contribution in [3.8, 4) is 0 Å². The molecule has 7 nitrogen and oxygen atoms in total. The average Bonchev–Trinajstić information content (AvgIpc) is 2.62. The van der Waals surface area contributed by atoms with E-state index in [0.29, 0.717) is 18.0 Å². The van der Waals surface area contributed by atoms with Crippen molar-refractivity contribution < 1.29 is 9.53 Å². The minimum absolute atomic E-state index is 0.00388. The van der Waals surface area contributed by atoms with E-state index in [0.717, 1.165) is 45.5 Å². The van der Waals surface area contributed by atoms with Gasteiger partial charge in [-0.1, -0.05) is 0 Å². The van der Waals surface area contributed by atoms with Crippen molar-refractivity contribution in [2.45, 2.75) is 71.6 Å². The molecule has 1 saturated heterocycles. The van der Waals surface area contributed by atoms with E-state index in [1.807, 2.05) is 0 Å². The summed E-state index contributed by atoms with van der Waals surface area (Å²) in [6, 6.07) is 1.08. The molecule has 158 valence electrons. The normalized spacial score (nSPS) is 18.3. The van der Waals surface area contributed by atoms with Crippen LogP contribution in [0, 0.1) is 0 Å². The maximum Gasteiger partial charge on any atom is 0.243 e. The average molecular weight is 384 g/mol. The highest BCUT2D eigenvalue weighted by molar-refractivity contribution is 5.84. The highest BCUT2D eigenvalue weighted by Crippen LogP contribution is 2.11. The van der Waals surface area contributed by atoms with E-state index >= 15 is 0 Å². The van der Waals surface area contributed by atoms with Gasteiger partial charge in [0.15, 0.2) is 5.96 Å². The molecule has 0 aliphatic carbocycles. The van der Waals surface area contributed by atoms with Gasteiger partial charge in [0.2, 0.25) is 5.91 Å². The number of amides is 1. The first-order chi connectivity index (χ1) is 12.8. The van der Waals surface area contributed by atoms with Crippen LogP contribution < -0.4 is 10.6 Å². The Morgan fingerprint density at radius 3 is 2.41 bits per heavy atom. The molecular formula is C20H41N5O2. The number of nitrogens with zero attached hydrogens (tertiary/aromatic N) is 3. The molecule has 1 atom stereocenters. The smallest absolute Gasteiger partial charge is 0.243 e. The van der Waals surface area contributed by atoms with Crippen LogP contribution in [0.25, 0.3) is 0 Å². The highest BCUT2D eigenvalue weighted by Gasteiger charge is 2.15. The zero-order valence-corrected chi connectivity index (χ0v) is 18.3. The van der Waals surface area contributed by atoms with Crippen LogP contribution >= 0.6 is 0 Å². The van der Waals surface area contributed by atoms with Crippen molar-refractivity contribution in [1.82, 2.24) is 20.4 Å². The first-order valence-electron chi connectivity index (χ1n) is 10.4. The number of hydrogen-bond acceptors (Lipinski definition) is 4. The van der Waals surface area contributed by atoms with Crippen LogP contribution in [0.4, 0.5) is 0 Å². The number of likely N-dealkylation sites (N-methyl/N-ethyl adjacent to an activating group) is 1. The summed E-state index contributed by atoms with van der Waals surface area (Å²) < 4.78 is 5.77. The van der Waals surface area contributed by atoms with E-state index in [9.17, 15) is 4.79 Å². The minimum atomic E-state index is -0.00388. The molecule has 7 heteroatoms. The monoisotopic (exact) mass is 383 g/mol. The topological polar surface area (TPSA) is 69.2 Å². The Morgan fingerprint density at radius 1 is 1.15 bits per heavy atom. The van der Waals surface area contributed by atoms with E-state index in [1.165, 1.54) is 6.42 Å². The Kier molecular flexibility index (Phi) is 11.4. The third-order valence-electron chi connectivity index (χ3n) is 4.85. The molecule has 1 unspecified atom stereocenters. The fraction of sp³-hybridized carbons (Fsp3) is 0.900. The fourth-order valence-corrected chi connectivity index (χ4v) is 3.22. The van der Waals surface area contributed by atoms with Crippen molar-refractivity contribution in [3.05, 3.63) is 0 Å². The van der Waals surface area contributed by atoms with Crippen molar-refractivity contribution in [1.29, 1.82) is 0 Å². The van der Waals surface area contributed by atoms with Gasteiger partial charge in [0, 0.05) is 52.4 Å². The Labute approximate surface area is 165 Å². The molecule has 27 heavy (non-hydrogen) atoms. The fourth-order valence-electron chi connectivity index (χ4n) is 3.22. The van der Waals surface area contributed by atoms with E-state index < -0.39 is 0 Å². The summed E-state index contributed by atoms with van der Waals surface area (Å²) in [6.45, 7) is 12.5. The van der Waals surface area contributed by atoms with Crippen molar-refractivity contribution >= 4 is 11.9 Å². The van der Waals surface area contributed by atoms with Crippen LogP contribution in [0.1, 0.15) is 53.4 Å². The van der Waals surface area contributed by atoms with Gasteiger partial charge in [0.05, 0.1) is 6.10 Å². The molecule has 1 heterocycles. The van der Waals surface area contributed by atoms with Crippen molar-refractivity contribution in [2.75, 3.05) is 46.9 Å². The van der Waals surface area contributed by atoms with E-state index in [1.54, 1.807) is 19.0 Å². The van der Waals surface area contributed by atoms with E-state index in [2.05, 4.69) is 48.2 Å². The molecule has 0 aromatic rings. The van der Waals surface area contributed by atoms with Crippen LogP contribution in [-0.4, -0.2) is 86.7 Å². The van der Waals surface area contributed by atoms with Crippen LogP contribution in [0.3, 0.4) is 0 Å². The Morgan fingerprint density at radius 2 is 1.85 bits per heavy atom. The second kappa shape index (κ2) is 12.9. The van der Waals surface area contributed by atoms with E-state index in [-0.39, 0.29) is 18.6 Å². The predicted molar refractivity (Wildman–Crippen MR) is 112 cm³/mol. The van der Waals surface area contributed by atoms with Crippen molar-refractivity contribution in [3.63, 3.8) is 0 Å². The summed E-state index contributed by atoms with van der Waals surface area (Å²) >= 11 is 0. The number of rotatable bonds is 10. The summed E-state index contributed by atoms with van der Waals surface area (Å²) in [6.07, 6.45) is 4.70. The molecule has 0 aromatic heterocycles. The summed E-state index contributed by atoms with van der Waals surface area (Å²) in [5, 5.41) is 6.72. The predicted octanol–water partition coefficient (Wildman–Crippen LogP) is 1.69. The van der Waals surface area contributed by atoms with Gasteiger partial charge in [0.1, 0.15) is 6.54 Å². The minimum Gasteiger partial charge on any atom is -0.376 e. The molecule has 0 spiro atoms. The lowest BCUT2D eigenvalue weighted by molar-refractivity contribution is -0.127. The molecule has 0 aromatic carbocycles. The molecular weight excluding hydrogens is 342 g/mol. The Hall–Kier alpha value is -1.34. The second-order valence-corrected chi connectivity index (χ2v) is 8.03. The third-order valence-corrected chi connectivity index (χ3v) is 4.85. The van der Waals surface area contributed by atoms with Gasteiger partial charge < -0.3 is 20.3 Å². The number of ether oxygens (including phenoxy) is 1. The van der Waals surface area contributed by atoms with Gasteiger partial charge in [0.25, 0.3) is 0 Å². The molecule has 1 rings (SSSR count). The van der Waals surface area contributed by atoms with Gasteiger partial charge in [-0.05, 0) is 53.4 Å². The molecule has 2 N–H and O–H groups in total. The van der Waals surface area contributed by atoms with Crippen molar-refractivity contribution in [2.24, 2.45) is 4.99 Å². The molecule has 0 radical (unpaired) electrons. The Balaban J connectivity index is 2.48. The van der Waals surface area contributed by atoms with Crippen LogP contribution in [0.15, 0.2) is 4.99 Å². The molecule has 1 fully saturated rings. The lowest BCUT2D eigenvalue weighted by Gasteiger charge is -2.30. The summed E-state index contributed by atoms with van der Waals surface area (Å²) in [5.41, 5.74) is 0. The number of nitrogens with one attached hydrogen (secondary N) is 2. The molecule has 1 amide bonds. The lowest BCUT2D eigenvalue weighted by Crippen LogP contribution is -2.44. The number of hydrogen-bond donors (Lipinski definition) is 2. The van der Waals surface area contributed by atoms with Crippen LogP contribution in [0.2, 0.25) is 0 Å². The summed E-state index contributed by atoms with van der Waals surface area (Å²) in [5.74, 6) is 0.691. The maximum atomic E-state index is 11.9. The molecule has 1 aliphatic rings. The van der Waals surface area contributed by atoms with Gasteiger partial charge in [-0.3, -0.25) is 9.69 Å². The van der Waals surface area contributed by atoms with Gasteiger partial charge in [-0.2, -0.15) is 0 Å². The zero-order valence-electron chi connectivity index (χ0n) is 18.3. The molecule has 1 aliphatic heterocycles. The number of aliphatic imine (C=N–C) groups is 1. The Bertz CT molecular complexity index is 438. The standard InChI is InChI=1S/C20H41N5O2/c1-16(2)25(17(3)4)12-9-11-21-20(23-15-19(26)24(5)6)22-14-18-10-7-8-13-27-18/h16-18H,7-15H2,1-6H3,(H2,21,22,23). The third kappa shape index (κ3) is 9.96. The number of carbonyl (C=O) groups excluding carboxylic acids is 1. The number of carbonyl (C=O) groups is 1. The number of guanidine groups is 1. The van der Waals surface area contributed by atoms with Gasteiger partial charge >= 0.3 is 0 Å². The van der Waals surface area contributed by atoms with Gasteiger partial charge in [-0.25, -0.2) is 4.99 Å². The maximum absolute atomic E-state index is 11.9.